The summed E-state index contributed by atoms with van der Waals surface area (Å²) in [7, 11) is -0.626. The van der Waals surface area contributed by atoms with E-state index in [0.29, 0.717) is 24.5 Å². The fourth-order valence-electron chi connectivity index (χ4n) is 2.46. The number of sulfonamides is 1. The van der Waals surface area contributed by atoms with Gasteiger partial charge in [0.1, 0.15) is 0 Å². The lowest BCUT2D eigenvalue weighted by Crippen LogP contribution is -2.27. The first-order chi connectivity index (χ1) is 13.8. The molecule has 0 unspecified atom stereocenters. The van der Waals surface area contributed by atoms with Crippen molar-refractivity contribution in [3.63, 3.8) is 0 Å². The van der Waals surface area contributed by atoms with Crippen LogP contribution in [0.2, 0.25) is 10.0 Å². The average Bonchev–Trinajstić information content (AvgIpc) is 2.71. The van der Waals surface area contributed by atoms with Gasteiger partial charge in [0.05, 0.1) is 29.2 Å². The lowest BCUT2D eigenvalue weighted by atomic mass is 10.2. The maximum absolute atomic E-state index is 12.2. The van der Waals surface area contributed by atoms with Gasteiger partial charge in [-0.3, -0.25) is 4.79 Å². The van der Waals surface area contributed by atoms with Gasteiger partial charge in [-0.25, -0.2) is 13.1 Å². The number of carbonyl (C=O) groups excluding carboxylic acids is 1. The Morgan fingerprint density at radius 1 is 1.00 bits per heavy atom. The maximum Gasteiger partial charge on any atom is 0.240 e. The summed E-state index contributed by atoms with van der Waals surface area (Å²) in [5.74, 6) is 1.00. The van der Waals surface area contributed by atoms with Gasteiger partial charge >= 0.3 is 0 Å². The maximum atomic E-state index is 12.2. The predicted octanol–water partition coefficient (Wildman–Crippen LogP) is 3.39. The van der Waals surface area contributed by atoms with Gasteiger partial charge in [-0.15, -0.1) is 0 Å². The van der Waals surface area contributed by atoms with E-state index in [2.05, 4.69) is 10.0 Å². The van der Waals surface area contributed by atoms with Crippen LogP contribution >= 0.6 is 23.2 Å². The molecule has 2 aromatic carbocycles. The third-order valence-electron chi connectivity index (χ3n) is 4.01. The molecule has 0 aliphatic rings. The zero-order chi connectivity index (χ0) is 21.4. The lowest BCUT2D eigenvalue weighted by Gasteiger charge is -2.11. The van der Waals surface area contributed by atoms with Gasteiger partial charge in [-0.1, -0.05) is 29.3 Å². The number of amides is 1. The van der Waals surface area contributed by atoms with Crippen molar-refractivity contribution in [3.8, 4) is 11.5 Å². The molecule has 0 aromatic heterocycles. The molecule has 0 spiro atoms. The fraction of sp³-hybridized carbons (Fsp3) is 0.316. The van der Waals surface area contributed by atoms with Crippen molar-refractivity contribution in [1.29, 1.82) is 0 Å². The molecule has 0 aliphatic heterocycles. The molecule has 0 saturated heterocycles. The highest BCUT2D eigenvalue weighted by atomic mass is 35.5. The summed E-state index contributed by atoms with van der Waals surface area (Å²) in [6.45, 7) is 0.445. The molecule has 0 heterocycles. The minimum absolute atomic E-state index is 0.0183. The van der Waals surface area contributed by atoms with E-state index in [4.69, 9.17) is 32.7 Å². The van der Waals surface area contributed by atoms with Crippen molar-refractivity contribution in [1.82, 2.24) is 10.0 Å². The normalized spacial score (nSPS) is 11.2. The summed E-state index contributed by atoms with van der Waals surface area (Å²) in [5.41, 5.74) is 0.858. The number of methoxy groups -OCH3 is 2. The molecule has 10 heteroatoms. The van der Waals surface area contributed by atoms with Crippen LogP contribution in [0.3, 0.4) is 0 Å². The molecule has 7 nitrogen and oxygen atoms in total. The molecule has 0 saturated carbocycles. The van der Waals surface area contributed by atoms with Crippen molar-refractivity contribution >= 4 is 39.1 Å². The van der Waals surface area contributed by atoms with E-state index in [0.717, 1.165) is 5.56 Å². The second-order valence-electron chi connectivity index (χ2n) is 6.04. The topological polar surface area (TPSA) is 93.7 Å². The second-order valence-corrected chi connectivity index (χ2v) is 8.62. The van der Waals surface area contributed by atoms with E-state index in [1.165, 1.54) is 18.2 Å². The Labute approximate surface area is 180 Å². The first kappa shape index (κ1) is 23.3. The molecule has 1 amide bonds. The van der Waals surface area contributed by atoms with Crippen LogP contribution in [0.15, 0.2) is 41.3 Å². The highest BCUT2D eigenvalue weighted by Crippen LogP contribution is 2.27. The third kappa shape index (κ3) is 6.78. The highest BCUT2D eigenvalue weighted by Gasteiger charge is 2.15. The van der Waals surface area contributed by atoms with Gasteiger partial charge in [0.15, 0.2) is 11.5 Å². The second kappa shape index (κ2) is 10.7. The number of nitrogens with one attached hydrogen (secondary N) is 2. The molecule has 0 bridgehead atoms. The van der Waals surface area contributed by atoms with Crippen LogP contribution in [0.25, 0.3) is 0 Å². The van der Waals surface area contributed by atoms with E-state index >= 15 is 0 Å². The smallest absolute Gasteiger partial charge is 0.240 e. The Morgan fingerprint density at radius 3 is 2.38 bits per heavy atom. The zero-order valence-electron chi connectivity index (χ0n) is 16.0. The number of hydrogen-bond donors (Lipinski definition) is 2. The summed E-state index contributed by atoms with van der Waals surface area (Å²) in [6.07, 6.45) is 0.523. The predicted molar refractivity (Wildman–Crippen MR) is 112 cm³/mol. The first-order valence-electron chi connectivity index (χ1n) is 8.69. The SMILES string of the molecule is COc1ccc(CNC(=O)CCCNS(=O)(=O)c2ccc(Cl)c(Cl)c2)cc1OC. The van der Waals surface area contributed by atoms with Crippen molar-refractivity contribution < 1.29 is 22.7 Å². The first-order valence-corrected chi connectivity index (χ1v) is 10.9. The van der Waals surface area contributed by atoms with E-state index in [-0.39, 0.29) is 33.8 Å². The van der Waals surface area contributed by atoms with Crippen LogP contribution in [0.5, 0.6) is 11.5 Å². The molecule has 0 fully saturated rings. The van der Waals surface area contributed by atoms with E-state index in [1.54, 1.807) is 26.4 Å². The van der Waals surface area contributed by atoms with E-state index in [1.807, 2.05) is 6.07 Å². The number of rotatable bonds is 10. The van der Waals surface area contributed by atoms with Gasteiger partial charge < -0.3 is 14.8 Å². The number of benzene rings is 2. The quantitative estimate of drug-likeness (QED) is 0.529. The summed E-state index contributed by atoms with van der Waals surface area (Å²) in [5, 5.41) is 3.22. The number of carbonyl (C=O) groups is 1. The monoisotopic (exact) mass is 460 g/mol. The summed E-state index contributed by atoms with van der Waals surface area (Å²) >= 11 is 11.6. The summed E-state index contributed by atoms with van der Waals surface area (Å²) < 4.78 is 37.3. The minimum atomic E-state index is -3.72. The van der Waals surface area contributed by atoms with Crippen LogP contribution in [0.4, 0.5) is 0 Å². The number of ether oxygens (including phenoxy) is 2. The van der Waals surface area contributed by atoms with Crippen molar-refractivity contribution in [2.75, 3.05) is 20.8 Å². The Morgan fingerprint density at radius 2 is 1.72 bits per heavy atom. The van der Waals surface area contributed by atoms with Crippen LogP contribution in [0, 0.1) is 0 Å². The van der Waals surface area contributed by atoms with E-state index in [9.17, 15) is 13.2 Å². The Balaban J connectivity index is 1.77. The molecular formula is C19H22Cl2N2O5S. The van der Waals surface area contributed by atoms with Crippen LogP contribution in [-0.4, -0.2) is 35.1 Å². The Kier molecular flexibility index (Phi) is 8.58. The Hall–Kier alpha value is -2.00. The zero-order valence-corrected chi connectivity index (χ0v) is 18.3. The number of hydrogen-bond acceptors (Lipinski definition) is 5. The summed E-state index contributed by atoms with van der Waals surface area (Å²) in [6, 6.07) is 9.43. The molecule has 2 rings (SSSR count). The lowest BCUT2D eigenvalue weighted by molar-refractivity contribution is -0.121. The molecule has 2 N–H and O–H groups in total. The summed E-state index contributed by atoms with van der Waals surface area (Å²) in [4.78, 5) is 12.0. The number of halogens is 2. The van der Waals surface area contributed by atoms with Gasteiger partial charge in [-0.2, -0.15) is 0 Å². The van der Waals surface area contributed by atoms with Crippen molar-refractivity contribution in [3.05, 3.63) is 52.0 Å². The largest absolute Gasteiger partial charge is 0.493 e. The van der Waals surface area contributed by atoms with Crippen molar-refractivity contribution in [2.45, 2.75) is 24.3 Å². The third-order valence-corrected chi connectivity index (χ3v) is 6.21. The standard InChI is InChI=1S/C19H22Cl2N2O5S/c1-27-17-8-5-13(10-18(17)28-2)12-22-19(24)4-3-9-23-29(25,26)14-6-7-15(20)16(21)11-14/h5-8,10-11,23H,3-4,9,12H2,1-2H3,(H,22,24). The van der Waals surface area contributed by atoms with Gasteiger partial charge in [0.2, 0.25) is 15.9 Å². The van der Waals surface area contributed by atoms with Crippen molar-refractivity contribution in [2.24, 2.45) is 0 Å². The molecule has 0 radical (unpaired) electrons. The van der Waals surface area contributed by atoms with Gasteiger partial charge in [0.25, 0.3) is 0 Å². The molecule has 29 heavy (non-hydrogen) atoms. The average molecular weight is 461 g/mol. The van der Waals surface area contributed by atoms with E-state index < -0.39 is 10.0 Å². The van der Waals surface area contributed by atoms with Gasteiger partial charge in [0, 0.05) is 19.5 Å². The fourth-order valence-corrected chi connectivity index (χ4v) is 3.93. The van der Waals surface area contributed by atoms with Crippen LogP contribution in [0.1, 0.15) is 18.4 Å². The van der Waals surface area contributed by atoms with Crippen LogP contribution in [-0.2, 0) is 21.4 Å². The molecule has 0 aliphatic carbocycles. The molecule has 2 aromatic rings. The Bertz CT molecular complexity index is 967. The van der Waals surface area contributed by atoms with Crippen LogP contribution < -0.4 is 19.5 Å². The highest BCUT2D eigenvalue weighted by molar-refractivity contribution is 7.89. The molecule has 158 valence electrons. The molecular weight excluding hydrogens is 439 g/mol. The molecule has 0 atom stereocenters. The minimum Gasteiger partial charge on any atom is -0.493 e. The van der Waals surface area contributed by atoms with Gasteiger partial charge in [-0.05, 0) is 42.3 Å².